The Bertz CT molecular complexity index is 1250. The van der Waals surface area contributed by atoms with Crippen LogP contribution in [0.4, 0.5) is 0 Å². The molecule has 9 rings (SSSR count). The van der Waals surface area contributed by atoms with Crippen molar-refractivity contribution in [3.8, 4) is 11.5 Å². The lowest BCUT2D eigenvalue weighted by Gasteiger charge is -2.74. The minimum Gasteiger partial charge on any atom is -0.493 e. The number of hydrogen-bond acceptors (Lipinski definition) is 5. The molecule has 2 spiro atoms. The van der Waals surface area contributed by atoms with Crippen molar-refractivity contribution in [2.24, 2.45) is 17.3 Å². The summed E-state index contributed by atoms with van der Waals surface area (Å²) in [6.07, 6.45) is 9.27. The van der Waals surface area contributed by atoms with Crippen molar-refractivity contribution in [1.29, 1.82) is 0 Å². The van der Waals surface area contributed by atoms with Crippen LogP contribution in [0.5, 0.6) is 11.5 Å². The Hall–Kier alpha value is -2.08. The van der Waals surface area contributed by atoms with E-state index in [9.17, 15) is 5.11 Å². The highest BCUT2D eigenvalue weighted by atomic mass is 16.6. The molecule has 5 fully saturated rings. The average Bonchev–Trinajstić information content (AvgIpc) is 3.70. The number of benzene rings is 2. The molecule has 2 heterocycles. The van der Waals surface area contributed by atoms with E-state index in [2.05, 4.69) is 47.4 Å². The summed E-state index contributed by atoms with van der Waals surface area (Å²) in [6.45, 7) is 2.38. The average molecular weight is 516 g/mol. The fourth-order valence-corrected chi connectivity index (χ4v) is 10.2. The molecule has 38 heavy (non-hydrogen) atoms. The first-order chi connectivity index (χ1) is 18.6. The maximum atomic E-state index is 11.9. The molecule has 0 aromatic heterocycles. The molecule has 202 valence electrons. The maximum Gasteiger partial charge on any atom is 0.165 e. The van der Waals surface area contributed by atoms with Crippen molar-refractivity contribution in [3.05, 3.63) is 59.2 Å². The molecule has 2 aromatic rings. The van der Waals surface area contributed by atoms with Crippen molar-refractivity contribution in [2.75, 3.05) is 27.3 Å². The maximum absolute atomic E-state index is 11.9. The molecule has 4 bridgehead atoms. The SMILES string of the molecule is COc1ccc2c3c1O[C@H]1[C@@]4(OC)CC[C@@]5(C[C@@H]4[C@@H](O)CCc4ccccc4)[C@@H](C2)N(CC2CC2)CC[C@]315. The predicted molar refractivity (Wildman–Crippen MR) is 146 cm³/mol. The van der Waals surface area contributed by atoms with Gasteiger partial charge in [-0.1, -0.05) is 36.4 Å². The van der Waals surface area contributed by atoms with E-state index >= 15 is 0 Å². The first kappa shape index (κ1) is 23.8. The molecule has 5 nitrogen and oxygen atoms in total. The van der Waals surface area contributed by atoms with Crippen LogP contribution in [0, 0.1) is 17.3 Å². The summed E-state index contributed by atoms with van der Waals surface area (Å²) in [5.74, 6) is 2.76. The summed E-state index contributed by atoms with van der Waals surface area (Å²) in [4.78, 5) is 2.86. The van der Waals surface area contributed by atoms with Gasteiger partial charge < -0.3 is 19.3 Å². The zero-order chi connectivity index (χ0) is 25.7. The molecule has 5 heteroatoms. The number of aryl methyl sites for hydroxylation is 1. The van der Waals surface area contributed by atoms with Gasteiger partial charge in [-0.15, -0.1) is 0 Å². The van der Waals surface area contributed by atoms with Gasteiger partial charge in [-0.3, -0.25) is 4.90 Å². The summed E-state index contributed by atoms with van der Waals surface area (Å²) < 4.78 is 19.6. The van der Waals surface area contributed by atoms with Crippen LogP contribution in [0.15, 0.2) is 42.5 Å². The third kappa shape index (κ3) is 2.88. The summed E-state index contributed by atoms with van der Waals surface area (Å²) >= 11 is 0. The lowest BCUT2D eigenvalue weighted by Crippen LogP contribution is -2.81. The lowest BCUT2D eigenvalue weighted by molar-refractivity contribution is -0.290. The van der Waals surface area contributed by atoms with Crippen LogP contribution < -0.4 is 9.47 Å². The fourth-order valence-electron chi connectivity index (χ4n) is 10.2. The molecule has 2 aliphatic heterocycles. The molecule has 0 radical (unpaired) electrons. The standard InChI is InChI=1S/C33H41NO4/c1-36-26-13-11-23-18-27-31-14-15-33(37-2,24(19-31)25(35)12-10-21-6-4-3-5-7-21)30-32(31,28(23)29(26)38-30)16-17-34(27)20-22-8-9-22/h3-7,11,13,22,24-25,27,30,35H,8-10,12,14-20H2,1-2H3/t24-,25+,27-,30-,31-,32+,33-/m1/s1. The minimum atomic E-state index is -0.486. The number of rotatable bonds is 8. The number of piperidine rings is 1. The zero-order valence-corrected chi connectivity index (χ0v) is 22.8. The van der Waals surface area contributed by atoms with Gasteiger partial charge in [0.05, 0.1) is 13.2 Å². The van der Waals surface area contributed by atoms with Gasteiger partial charge in [0.15, 0.2) is 11.5 Å². The molecule has 2 aromatic carbocycles. The Morgan fingerprint density at radius 2 is 1.92 bits per heavy atom. The van der Waals surface area contributed by atoms with Crippen LogP contribution in [-0.2, 0) is 23.0 Å². The molecule has 5 aliphatic carbocycles. The van der Waals surface area contributed by atoms with Gasteiger partial charge >= 0.3 is 0 Å². The van der Waals surface area contributed by atoms with E-state index in [1.807, 2.05) is 7.11 Å². The number of nitrogens with zero attached hydrogens (tertiary/aromatic N) is 1. The smallest absolute Gasteiger partial charge is 0.165 e. The first-order valence-corrected chi connectivity index (χ1v) is 14.9. The number of aliphatic hydroxyl groups is 1. The Labute approximate surface area is 226 Å². The molecule has 4 saturated carbocycles. The topological polar surface area (TPSA) is 51.2 Å². The Morgan fingerprint density at radius 1 is 1.08 bits per heavy atom. The predicted octanol–water partition coefficient (Wildman–Crippen LogP) is 4.91. The van der Waals surface area contributed by atoms with Crippen molar-refractivity contribution in [3.63, 3.8) is 0 Å². The Balaban J connectivity index is 1.24. The molecule has 7 atom stereocenters. The van der Waals surface area contributed by atoms with Crippen molar-refractivity contribution >= 4 is 0 Å². The Kier molecular flexibility index (Phi) is 5.14. The van der Waals surface area contributed by atoms with E-state index in [-0.39, 0.29) is 22.9 Å². The number of methoxy groups -OCH3 is 2. The molecular formula is C33H41NO4. The Morgan fingerprint density at radius 3 is 2.68 bits per heavy atom. The van der Waals surface area contributed by atoms with Crippen molar-refractivity contribution in [2.45, 2.75) is 87.1 Å². The quantitative estimate of drug-likeness (QED) is 0.541. The summed E-state index contributed by atoms with van der Waals surface area (Å²) in [6, 6.07) is 15.5. The van der Waals surface area contributed by atoms with Gasteiger partial charge in [0.25, 0.3) is 0 Å². The van der Waals surface area contributed by atoms with Gasteiger partial charge in [0.1, 0.15) is 11.7 Å². The summed E-state index contributed by atoms with van der Waals surface area (Å²) in [7, 11) is 3.64. The van der Waals surface area contributed by atoms with E-state index < -0.39 is 11.7 Å². The highest BCUT2D eigenvalue weighted by Gasteiger charge is 2.81. The highest BCUT2D eigenvalue weighted by Crippen LogP contribution is 2.77. The number of likely N-dealkylation sites (tertiary alicyclic amines) is 1. The normalized spacial score (nSPS) is 39.0. The van der Waals surface area contributed by atoms with Crippen LogP contribution in [0.25, 0.3) is 0 Å². The number of aliphatic hydroxyl groups excluding tert-OH is 1. The number of fused-ring (bicyclic) bond motifs is 2. The van der Waals surface area contributed by atoms with E-state index in [1.165, 1.54) is 36.1 Å². The zero-order valence-electron chi connectivity index (χ0n) is 22.8. The second-order valence-electron chi connectivity index (χ2n) is 13.2. The lowest BCUT2D eigenvalue weighted by atomic mass is 9.34. The minimum absolute atomic E-state index is 0.0565. The third-order valence-corrected chi connectivity index (χ3v) is 12.0. The molecule has 0 unspecified atom stereocenters. The van der Waals surface area contributed by atoms with Crippen LogP contribution in [0.1, 0.15) is 61.6 Å². The van der Waals surface area contributed by atoms with E-state index in [0.29, 0.717) is 6.04 Å². The van der Waals surface area contributed by atoms with Crippen molar-refractivity contribution in [1.82, 2.24) is 4.90 Å². The van der Waals surface area contributed by atoms with E-state index in [4.69, 9.17) is 14.2 Å². The number of ether oxygens (including phenoxy) is 3. The van der Waals surface area contributed by atoms with Gasteiger partial charge in [0.2, 0.25) is 0 Å². The van der Waals surface area contributed by atoms with Crippen LogP contribution in [0.2, 0.25) is 0 Å². The van der Waals surface area contributed by atoms with Gasteiger partial charge in [0, 0.05) is 42.0 Å². The molecule has 7 aliphatic rings. The molecule has 0 amide bonds. The van der Waals surface area contributed by atoms with Crippen LogP contribution >= 0.6 is 0 Å². The van der Waals surface area contributed by atoms with E-state index in [1.54, 1.807) is 7.11 Å². The van der Waals surface area contributed by atoms with Gasteiger partial charge in [-0.25, -0.2) is 0 Å². The second kappa shape index (κ2) is 8.22. The monoisotopic (exact) mass is 515 g/mol. The van der Waals surface area contributed by atoms with Gasteiger partial charge in [-0.2, -0.15) is 0 Å². The number of hydrogen-bond donors (Lipinski definition) is 1. The first-order valence-electron chi connectivity index (χ1n) is 14.9. The molecule has 1 saturated heterocycles. The van der Waals surface area contributed by atoms with Gasteiger partial charge in [-0.05, 0) is 87.4 Å². The summed E-state index contributed by atoms with van der Waals surface area (Å²) in [5.41, 5.74) is 3.74. The summed E-state index contributed by atoms with van der Waals surface area (Å²) in [5, 5.41) is 11.9. The van der Waals surface area contributed by atoms with Crippen LogP contribution in [0.3, 0.4) is 0 Å². The second-order valence-corrected chi connectivity index (χ2v) is 13.2. The molecular weight excluding hydrogens is 474 g/mol. The molecule has 1 N–H and O–H groups in total. The highest BCUT2D eigenvalue weighted by molar-refractivity contribution is 5.63. The van der Waals surface area contributed by atoms with E-state index in [0.717, 1.165) is 68.9 Å². The van der Waals surface area contributed by atoms with Crippen LogP contribution in [-0.4, -0.2) is 61.2 Å². The largest absolute Gasteiger partial charge is 0.493 e. The van der Waals surface area contributed by atoms with Crippen molar-refractivity contribution < 1.29 is 19.3 Å². The fraction of sp³-hybridized carbons (Fsp3) is 0.636. The third-order valence-electron chi connectivity index (χ3n) is 12.0.